The van der Waals surface area contributed by atoms with E-state index in [9.17, 15) is 18.0 Å². The van der Waals surface area contributed by atoms with Crippen LogP contribution in [-0.4, -0.2) is 28.4 Å². The Labute approximate surface area is 202 Å². The number of alkyl halides is 3. The third-order valence-electron chi connectivity index (χ3n) is 4.97. The van der Waals surface area contributed by atoms with Gasteiger partial charge in [0.15, 0.2) is 0 Å². The predicted molar refractivity (Wildman–Crippen MR) is 130 cm³/mol. The summed E-state index contributed by atoms with van der Waals surface area (Å²) in [6.45, 7) is 2.37. The van der Waals surface area contributed by atoms with Crippen molar-refractivity contribution in [3.63, 3.8) is 0 Å². The second-order valence-corrected chi connectivity index (χ2v) is 7.55. The van der Waals surface area contributed by atoms with Crippen molar-refractivity contribution in [1.82, 2.24) is 15.1 Å². The lowest BCUT2D eigenvalue weighted by atomic mass is 10.1. The summed E-state index contributed by atoms with van der Waals surface area (Å²) in [6, 6.07) is 11.6. The number of carbonyl (C=O) groups excluding carboxylic acids is 1. The van der Waals surface area contributed by atoms with E-state index in [2.05, 4.69) is 27.2 Å². The van der Waals surface area contributed by atoms with Gasteiger partial charge in [-0.2, -0.15) is 18.3 Å². The molecule has 3 rings (SSSR count). The van der Waals surface area contributed by atoms with Gasteiger partial charge in [-0.25, -0.2) is 4.68 Å². The third kappa shape index (κ3) is 7.71. The molecule has 2 aromatic carbocycles. The van der Waals surface area contributed by atoms with E-state index in [0.717, 1.165) is 31.4 Å². The molecule has 1 aromatic heterocycles. The van der Waals surface area contributed by atoms with E-state index in [-0.39, 0.29) is 11.5 Å². The molecule has 0 saturated heterocycles. The van der Waals surface area contributed by atoms with Gasteiger partial charge in [-0.15, -0.1) is 0 Å². The van der Waals surface area contributed by atoms with Crippen LogP contribution < -0.4 is 5.32 Å². The lowest BCUT2D eigenvalue weighted by Crippen LogP contribution is -2.24. The number of nitrogens with zero attached hydrogens (tertiary/aromatic N) is 3. The maximum Gasteiger partial charge on any atom is 0.416 e. The van der Waals surface area contributed by atoms with E-state index >= 15 is 0 Å². The topological polar surface area (TPSA) is 59.3 Å². The third-order valence-corrected chi connectivity index (χ3v) is 4.97. The summed E-state index contributed by atoms with van der Waals surface area (Å²) in [6.07, 6.45) is 6.94. The highest BCUT2D eigenvalue weighted by Crippen LogP contribution is 2.29. The van der Waals surface area contributed by atoms with Crippen molar-refractivity contribution in [1.29, 1.82) is 0 Å². The summed E-state index contributed by atoms with van der Waals surface area (Å²) < 4.78 is 40.7. The molecule has 0 aliphatic heterocycles. The first-order valence-electron chi connectivity index (χ1n) is 11.1. The summed E-state index contributed by atoms with van der Waals surface area (Å²) in [7, 11) is 0. The zero-order chi connectivity index (χ0) is 25.1. The molecule has 0 saturated carbocycles. The van der Waals surface area contributed by atoms with E-state index < -0.39 is 11.7 Å². The average Bonchev–Trinajstić information content (AvgIpc) is 3.38. The van der Waals surface area contributed by atoms with Gasteiger partial charge in [0.2, 0.25) is 0 Å². The largest absolute Gasteiger partial charge is 0.416 e. The van der Waals surface area contributed by atoms with Crippen LogP contribution in [0.5, 0.6) is 0 Å². The van der Waals surface area contributed by atoms with Crippen LogP contribution in [0.15, 0.2) is 78.2 Å². The molecule has 0 unspecified atom stereocenters. The highest BCUT2D eigenvalue weighted by molar-refractivity contribution is 5.95. The van der Waals surface area contributed by atoms with Gasteiger partial charge >= 0.3 is 6.18 Å². The molecule has 1 amide bonds. The fourth-order valence-corrected chi connectivity index (χ4v) is 3.21. The molecule has 8 heteroatoms. The Morgan fingerprint density at radius 1 is 1.14 bits per heavy atom. The number of benzene rings is 2. The first kappa shape index (κ1) is 25.5. The SMILES string of the molecule is C/C=N\C=C/CCCCNC(=O)c1ccc(-n2cccn2)c(C#Cc2cccc(C(F)(F)F)c2)c1. The van der Waals surface area contributed by atoms with E-state index in [0.29, 0.717) is 23.4 Å². The zero-order valence-electron chi connectivity index (χ0n) is 19.2. The lowest BCUT2D eigenvalue weighted by Gasteiger charge is -2.09. The van der Waals surface area contributed by atoms with Crippen molar-refractivity contribution in [3.8, 4) is 17.5 Å². The Bertz CT molecular complexity index is 1250. The molecule has 1 N–H and O–H groups in total. The summed E-state index contributed by atoms with van der Waals surface area (Å²) >= 11 is 0. The van der Waals surface area contributed by atoms with Crippen LogP contribution in [0.1, 0.15) is 53.2 Å². The average molecular weight is 479 g/mol. The van der Waals surface area contributed by atoms with Crippen LogP contribution in [0, 0.1) is 11.8 Å². The fraction of sp³-hybridized carbons (Fsp3) is 0.222. The number of rotatable bonds is 8. The Hall–Kier alpha value is -4.12. The molecular weight excluding hydrogens is 453 g/mol. The summed E-state index contributed by atoms with van der Waals surface area (Å²) in [5.41, 5.74) is 0.956. The number of hydrogen-bond acceptors (Lipinski definition) is 3. The minimum Gasteiger partial charge on any atom is -0.352 e. The van der Waals surface area contributed by atoms with Crippen LogP contribution in [0.25, 0.3) is 5.69 Å². The highest BCUT2D eigenvalue weighted by atomic mass is 19.4. The molecule has 0 spiro atoms. The Kier molecular flexibility index (Phi) is 9.02. The highest BCUT2D eigenvalue weighted by Gasteiger charge is 2.30. The van der Waals surface area contributed by atoms with Gasteiger partial charge in [-0.05, 0) is 68.7 Å². The molecule has 0 atom stereocenters. The van der Waals surface area contributed by atoms with E-state index in [1.165, 1.54) is 12.1 Å². The Morgan fingerprint density at radius 2 is 2.00 bits per heavy atom. The number of hydrogen-bond donors (Lipinski definition) is 1. The monoisotopic (exact) mass is 478 g/mol. The number of carbonyl (C=O) groups is 1. The second-order valence-electron chi connectivity index (χ2n) is 7.55. The standard InChI is InChI=1S/C27H25F3N4O/c1-2-31-15-5-3-4-6-16-32-26(35)23-13-14-25(34-18-8-17-33-34)22(20-23)12-11-21-9-7-10-24(19-21)27(28,29)30/h2,5,7-10,13-15,17-20H,3-4,6,16H2,1H3,(H,32,35)/b15-5-,31-2-. The summed E-state index contributed by atoms with van der Waals surface area (Å²) in [5.74, 6) is 5.45. The van der Waals surface area contributed by atoms with Crippen LogP contribution in [0.2, 0.25) is 0 Å². The molecule has 0 radical (unpaired) electrons. The predicted octanol–water partition coefficient (Wildman–Crippen LogP) is 5.80. The van der Waals surface area contributed by atoms with Gasteiger partial charge in [0.05, 0.1) is 16.8 Å². The molecule has 35 heavy (non-hydrogen) atoms. The number of allylic oxidation sites excluding steroid dienone is 1. The van der Waals surface area contributed by atoms with E-state index in [4.69, 9.17) is 0 Å². The van der Waals surface area contributed by atoms with E-state index in [1.54, 1.807) is 53.8 Å². The van der Waals surface area contributed by atoms with Gasteiger partial charge in [0, 0.05) is 42.5 Å². The minimum atomic E-state index is -4.45. The quantitative estimate of drug-likeness (QED) is 0.253. The van der Waals surface area contributed by atoms with Crippen molar-refractivity contribution in [2.75, 3.05) is 6.54 Å². The Balaban J connectivity index is 1.76. The normalized spacial score (nSPS) is 11.5. The van der Waals surface area contributed by atoms with Crippen LogP contribution in [0.3, 0.4) is 0 Å². The first-order chi connectivity index (χ1) is 16.9. The van der Waals surface area contributed by atoms with E-state index in [1.807, 2.05) is 13.0 Å². The van der Waals surface area contributed by atoms with Crippen LogP contribution in [0.4, 0.5) is 13.2 Å². The molecular formula is C27H25F3N4O. The molecule has 0 aliphatic rings. The number of unbranched alkanes of at least 4 members (excludes halogenated alkanes) is 2. The van der Waals surface area contributed by atoms with Crippen LogP contribution in [-0.2, 0) is 6.18 Å². The fourth-order valence-electron chi connectivity index (χ4n) is 3.21. The summed E-state index contributed by atoms with van der Waals surface area (Å²) in [4.78, 5) is 16.7. The lowest BCUT2D eigenvalue weighted by molar-refractivity contribution is -0.137. The molecule has 1 heterocycles. The number of halogens is 3. The zero-order valence-corrected chi connectivity index (χ0v) is 19.2. The summed E-state index contributed by atoms with van der Waals surface area (Å²) in [5, 5.41) is 7.10. The van der Waals surface area contributed by atoms with Gasteiger partial charge in [-0.3, -0.25) is 9.79 Å². The molecule has 180 valence electrons. The van der Waals surface area contributed by atoms with Crippen molar-refractivity contribution in [3.05, 3.63) is 95.5 Å². The first-order valence-corrected chi connectivity index (χ1v) is 11.1. The second kappa shape index (κ2) is 12.4. The number of aromatic nitrogens is 2. The smallest absolute Gasteiger partial charge is 0.352 e. The van der Waals surface area contributed by atoms with Gasteiger partial charge in [-0.1, -0.05) is 24.0 Å². The molecule has 0 bridgehead atoms. The number of nitrogens with one attached hydrogen (secondary N) is 1. The Morgan fingerprint density at radius 3 is 2.74 bits per heavy atom. The van der Waals surface area contributed by atoms with Crippen molar-refractivity contribution >= 4 is 12.1 Å². The van der Waals surface area contributed by atoms with Crippen molar-refractivity contribution in [2.24, 2.45) is 4.99 Å². The number of amides is 1. The maximum absolute atomic E-state index is 13.0. The molecule has 5 nitrogen and oxygen atoms in total. The minimum absolute atomic E-state index is 0.222. The van der Waals surface area contributed by atoms with Gasteiger partial charge in [0.25, 0.3) is 5.91 Å². The molecule has 3 aromatic rings. The van der Waals surface area contributed by atoms with Gasteiger partial charge < -0.3 is 5.32 Å². The van der Waals surface area contributed by atoms with Gasteiger partial charge in [0.1, 0.15) is 0 Å². The van der Waals surface area contributed by atoms with Crippen molar-refractivity contribution in [2.45, 2.75) is 32.4 Å². The maximum atomic E-state index is 13.0. The van der Waals surface area contributed by atoms with Crippen molar-refractivity contribution < 1.29 is 18.0 Å². The molecule has 0 fully saturated rings. The van der Waals surface area contributed by atoms with Crippen LogP contribution >= 0.6 is 0 Å². The number of aliphatic imine (C=N–C) groups is 1. The molecule has 0 aliphatic carbocycles.